The minimum Gasteiger partial charge on any atom is -0.393 e. The molecule has 1 saturated heterocycles. The van der Waals surface area contributed by atoms with Crippen molar-refractivity contribution in [1.82, 2.24) is 4.90 Å². The standard InChI is InChI=1S/C14H26N2O2/c1-10-9-16(7-6-13(10)17)14(18)8-11-2-4-12(15)5-3-11/h10-13,17H,2-9,15H2,1H3. The minimum absolute atomic E-state index is 0.211. The molecule has 1 heterocycles. The lowest BCUT2D eigenvalue weighted by molar-refractivity contribution is -0.136. The van der Waals surface area contributed by atoms with E-state index in [9.17, 15) is 9.90 Å². The Balaban J connectivity index is 1.78. The monoisotopic (exact) mass is 254 g/mol. The maximum Gasteiger partial charge on any atom is 0.222 e. The molecule has 0 aromatic rings. The van der Waals surface area contributed by atoms with E-state index in [1.54, 1.807) is 0 Å². The van der Waals surface area contributed by atoms with Crippen molar-refractivity contribution >= 4 is 5.91 Å². The number of likely N-dealkylation sites (tertiary alicyclic amines) is 1. The Morgan fingerprint density at radius 2 is 1.94 bits per heavy atom. The van der Waals surface area contributed by atoms with Crippen molar-refractivity contribution in [2.24, 2.45) is 17.6 Å². The third-order valence-corrected chi connectivity index (χ3v) is 4.57. The molecule has 1 saturated carbocycles. The quantitative estimate of drug-likeness (QED) is 0.776. The minimum atomic E-state index is -0.235. The zero-order valence-electron chi connectivity index (χ0n) is 11.3. The summed E-state index contributed by atoms with van der Waals surface area (Å²) < 4.78 is 0. The van der Waals surface area contributed by atoms with Gasteiger partial charge in [0.15, 0.2) is 0 Å². The number of hydrogen-bond donors (Lipinski definition) is 2. The number of carbonyl (C=O) groups excluding carboxylic acids is 1. The van der Waals surface area contributed by atoms with Crippen LogP contribution in [0.5, 0.6) is 0 Å². The summed E-state index contributed by atoms with van der Waals surface area (Å²) in [5, 5.41) is 9.68. The highest BCUT2D eigenvalue weighted by atomic mass is 16.3. The molecule has 4 nitrogen and oxygen atoms in total. The van der Waals surface area contributed by atoms with E-state index in [4.69, 9.17) is 5.73 Å². The van der Waals surface area contributed by atoms with Crippen LogP contribution in [0.15, 0.2) is 0 Å². The first-order valence-electron chi connectivity index (χ1n) is 7.27. The number of carbonyl (C=O) groups is 1. The largest absolute Gasteiger partial charge is 0.393 e. The average Bonchev–Trinajstić information content (AvgIpc) is 2.35. The second kappa shape index (κ2) is 6.02. The highest BCUT2D eigenvalue weighted by Gasteiger charge is 2.29. The summed E-state index contributed by atoms with van der Waals surface area (Å²) in [7, 11) is 0. The van der Waals surface area contributed by atoms with E-state index >= 15 is 0 Å². The van der Waals surface area contributed by atoms with Crippen molar-refractivity contribution < 1.29 is 9.90 Å². The molecule has 0 aromatic carbocycles. The summed E-state index contributed by atoms with van der Waals surface area (Å²) in [6.07, 6.45) is 5.48. The van der Waals surface area contributed by atoms with Gasteiger partial charge in [-0.2, -0.15) is 0 Å². The van der Waals surface area contributed by atoms with E-state index in [2.05, 4.69) is 0 Å². The molecule has 0 radical (unpaired) electrons. The van der Waals surface area contributed by atoms with Crippen LogP contribution < -0.4 is 5.73 Å². The first-order chi connectivity index (χ1) is 8.56. The van der Waals surface area contributed by atoms with Crippen molar-refractivity contribution in [3.05, 3.63) is 0 Å². The maximum absolute atomic E-state index is 12.2. The fourth-order valence-electron chi connectivity index (χ4n) is 3.13. The average molecular weight is 254 g/mol. The van der Waals surface area contributed by atoms with E-state index < -0.39 is 0 Å². The second-order valence-electron chi connectivity index (χ2n) is 6.16. The lowest BCUT2D eigenvalue weighted by Crippen LogP contribution is -2.45. The van der Waals surface area contributed by atoms with Crippen LogP contribution in [0.2, 0.25) is 0 Å². The number of nitrogens with two attached hydrogens (primary N) is 1. The van der Waals surface area contributed by atoms with Gasteiger partial charge in [0.05, 0.1) is 6.10 Å². The first kappa shape index (κ1) is 13.8. The summed E-state index contributed by atoms with van der Waals surface area (Å²) in [6.45, 7) is 3.45. The molecule has 104 valence electrons. The number of piperidine rings is 1. The van der Waals surface area contributed by atoms with Gasteiger partial charge in [0.1, 0.15) is 0 Å². The Hall–Kier alpha value is -0.610. The Kier molecular flexibility index (Phi) is 4.62. The SMILES string of the molecule is CC1CN(C(=O)CC2CCC(N)CC2)CCC1O. The smallest absolute Gasteiger partial charge is 0.222 e. The van der Waals surface area contributed by atoms with Crippen LogP contribution in [0.25, 0.3) is 0 Å². The zero-order valence-corrected chi connectivity index (χ0v) is 11.3. The Morgan fingerprint density at radius 1 is 1.28 bits per heavy atom. The molecule has 1 amide bonds. The normalized spacial score (nSPS) is 37.6. The van der Waals surface area contributed by atoms with Crippen LogP contribution in [0.1, 0.15) is 45.4 Å². The third-order valence-electron chi connectivity index (χ3n) is 4.57. The zero-order chi connectivity index (χ0) is 13.1. The van der Waals surface area contributed by atoms with E-state index in [0.717, 1.165) is 38.6 Å². The van der Waals surface area contributed by atoms with Crippen LogP contribution in [-0.2, 0) is 4.79 Å². The van der Waals surface area contributed by atoms with Gasteiger partial charge in [-0.3, -0.25) is 4.79 Å². The van der Waals surface area contributed by atoms with Gasteiger partial charge < -0.3 is 15.7 Å². The molecule has 0 aromatic heterocycles. The van der Waals surface area contributed by atoms with E-state index in [1.165, 1.54) is 0 Å². The van der Waals surface area contributed by atoms with Crippen LogP contribution in [0.4, 0.5) is 0 Å². The molecule has 1 aliphatic carbocycles. The van der Waals surface area contributed by atoms with Gasteiger partial charge >= 0.3 is 0 Å². The number of aliphatic hydroxyl groups excluding tert-OH is 1. The van der Waals surface area contributed by atoms with Crippen molar-refractivity contribution in [2.75, 3.05) is 13.1 Å². The summed E-state index contributed by atoms with van der Waals surface area (Å²) in [5.41, 5.74) is 5.88. The molecule has 2 aliphatic rings. The third kappa shape index (κ3) is 3.45. The van der Waals surface area contributed by atoms with E-state index in [-0.39, 0.29) is 17.9 Å². The van der Waals surface area contributed by atoms with E-state index in [0.29, 0.717) is 24.9 Å². The molecule has 0 bridgehead atoms. The molecule has 2 unspecified atom stereocenters. The van der Waals surface area contributed by atoms with Crippen LogP contribution in [0.3, 0.4) is 0 Å². The Bertz CT molecular complexity index is 288. The number of aliphatic hydroxyl groups is 1. The van der Waals surface area contributed by atoms with E-state index in [1.807, 2.05) is 11.8 Å². The Morgan fingerprint density at radius 3 is 2.56 bits per heavy atom. The molecular weight excluding hydrogens is 228 g/mol. The molecule has 1 aliphatic heterocycles. The summed E-state index contributed by atoms with van der Waals surface area (Å²) in [4.78, 5) is 14.1. The van der Waals surface area contributed by atoms with Crippen molar-refractivity contribution in [1.29, 1.82) is 0 Å². The molecule has 2 rings (SSSR count). The molecule has 4 heteroatoms. The van der Waals surface area contributed by atoms with Gasteiger partial charge in [-0.25, -0.2) is 0 Å². The number of hydrogen-bond acceptors (Lipinski definition) is 3. The van der Waals surface area contributed by atoms with Crippen molar-refractivity contribution in [3.8, 4) is 0 Å². The predicted octanol–water partition coefficient (Wildman–Crippen LogP) is 1.12. The second-order valence-corrected chi connectivity index (χ2v) is 6.16. The van der Waals surface area contributed by atoms with Gasteiger partial charge in [0, 0.05) is 25.6 Å². The Labute approximate surface area is 110 Å². The number of nitrogens with zero attached hydrogens (tertiary/aromatic N) is 1. The van der Waals surface area contributed by atoms with Crippen LogP contribution in [0, 0.1) is 11.8 Å². The molecule has 2 fully saturated rings. The topological polar surface area (TPSA) is 66.6 Å². The van der Waals surface area contributed by atoms with Gasteiger partial charge in [0.25, 0.3) is 0 Å². The first-order valence-corrected chi connectivity index (χ1v) is 7.27. The molecule has 18 heavy (non-hydrogen) atoms. The summed E-state index contributed by atoms with van der Waals surface area (Å²) in [6, 6.07) is 0.349. The molecule has 0 spiro atoms. The fourth-order valence-corrected chi connectivity index (χ4v) is 3.13. The predicted molar refractivity (Wildman–Crippen MR) is 70.9 cm³/mol. The fraction of sp³-hybridized carbons (Fsp3) is 0.929. The lowest BCUT2D eigenvalue weighted by Gasteiger charge is -2.35. The van der Waals surface area contributed by atoms with Gasteiger partial charge in [-0.1, -0.05) is 6.92 Å². The van der Waals surface area contributed by atoms with Crippen LogP contribution >= 0.6 is 0 Å². The van der Waals surface area contributed by atoms with Gasteiger partial charge in [0.2, 0.25) is 5.91 Å². The highest BCUT2D eigenvalue weighted by molar-refractivity contribution is 5.76. The van der Waals surface area contributed by atoms with Crippen LogP contribution in [-0.4, -0.2) is 41.1 Å². The number of rotatable bonds is 2. The molecular formula is C14H26N2O2. The van der Waals surface area contributed by atoms with Crippen molar-refractivity contribution in [2.45, 2.75) is 57.6 Å². The summed E-state index contributed by atoms with van der Waals surface area (Å²) >= 11 is 0. The maximum atomic E-state index is 12.2. The highest BCUT2D eigenvalue weighted by Crippen LogP contribution is 2.27. The molecule has 2 atom stereocenters. The van der Waals surface area contributed by atoms with Gasteiger partial charge in [-0.15, -0.1) is 0 Å². The molecule has 3 N–H and O–H groups in total. The lowest BCUT2D eigenvalue weighted by atomic mass is 9.84. The number of amides is 1. The van der Waals surface area contributed by atoms with Gasteiger partial charge in [-0.05, 0) is 43.9 Å². The summed E-state index contributed by atoms with van der Waals surface area (Å²) in [5.74, 6) is 1.01. The van der Waals surface area contributed by atoms with Crippen molar-refractivity contribution in [3.63, 3.8) is 0 Å².